The molecular formula is C54H58O10. The van der Waals surface area contributed by atoms with Crippen LogP contribution in [0, 0.1) is 0 Å². The van der Waals surface area contributed by atoms with Gasteiger partial charge in [0.15, 0.2) is 6.29 Å². The van der Waals surface area contributed by atoms with Gasteiger partial charge in [-0.05, 0) is 33.4 Å². The maximum atomic E-state index is 12.2. The molecule has 334 valence electrons. The van der Waals surface area contributed by atoms with Crippen molar-refractivity contribution in [2.75, 3.05) is 19.8 Å². The fraction of sp³-hybridized carbons (Fsp3) is 0.333. The van der Waals surface area contributed by atoms with Crippen LogP contribution in [0.1, 0.15) is 33.4 Å². The van der Waals surface area contributed by atoms with Gasteiger partial charge in [0, 0.05) is 0 Å². The summed E-state index contributed by atoms with van der Waals surface area (Å²) in [7, 11) is 0. The molecule has 10 nitrogen and oxygen atoms in total. The Hall–Kier alpha value is -5.08. The third kappa shape index (κ3) is 13.2. The minimum absolute atomic E-state index is 0.0635. The Morgan fingerprint density at radius 1 is 0.391 bits per heavy atom. The van der Waals surface area contributed by atoms with Gasteiger partial charge in [-0.2, -0.15) is 0 Å². The lowest BCUT2D eigenvalue weighted by atomic mass is 9.96. The first-order chi connectivity index (χ1) is 31.7. The number of rotatable bonds is 22. The Kier molecular flexibility index (Phi) is 17.3. The van der Waals surface area contributed by atoms with E-state index in [-0.39, 0.29) is 33.0 Å². The zero-order valence-electron chi connectivity index (χ0n) is 36.0. The molecule has 10 heteroatoms. The molecule has 0 saturated carbocycles. The Morgan fingerprint density at radius 2 is 0.750 bits per heavy atom. The Bertz CT molecular complexity index is 2170. The number of hydrogen-bond acceptors (Lipinski definition) is 10. The van der Waals surface area contributed by atoms with E-state index in [4.69, 9.17) is 42.6 Å². The summed E-state index contributed by atoms with van der Waals surface area (Å²) in [5, 5.41) is 12.2. The highest BCUT2D eigenvalue weighted by Gasteiger charge is 2.52. The van der Waals surface area contributed by atoms with Crippen molar-refractivity contribution in [3.8, 4) is 0 Å². The molecule has 0 radical (unpaired) electrons. The van der Waals surface area contributed by atoms with E-state index in [0.717, 1.165) is 33.4 Å². The molecule has 2 aliphatic rings. The topological polar surface area (TPSA) is 103 Å². The number of ether oxygens (including phenoxy) is 9. The van der Waals surface area contributed by atoms with E-state index < -0.39 is 55.1 Å². The van der Waals surface area contributed by atoms with Crippen LogP contribution in [-0.4, -0.2) is 80.0 Å². The summed E-state index contributed by atoms with van der Waals surface area (Å²) >= 11 is 0. The average Bonchev–Trinajstić information content (AvgIpc) is 3.35. The molecule has 0 aliphatic carbocycles. The van der Waals surface area contributed by atoms with E-state index >= 15 is 0 Å². The van der Waals surface area contributed by atoms with E-state index in [1.54, 1.807) is 0 Å². The third-order valence-electron chi connectivity index (χ3n) is 11.4. The summed E-state index contributed by atoms with van der Waals surface area (Å²) in [5.74, 6) is 0. The van der Waals surface area contributed by atoms with Gasteiger partial charge in [0.25, 0.3) is 0 Å². The molecule has 6 aromatic carbocycles. The van der Waals surface area contributed by atoms with Crippen LogP contribution in [-0.2, 0) is 82.3 Å². The lowest BCUT2D eigenvalue weighted by molar-refractivity contribution is -0.354. The molecule has 2 aliphatic heterocycles. The molecule has 0 aromatic heterocycles. The van der Waals surface area contributed by atoms with Gasteiger partial charge in [-0.3, -0.25) is 0 Å². The molecule has 64 heavy (non-hydrogen) atoms. The molecule has 1 N–H and O–H groups in total. The van der Waals surface area contributed by atoms with Gasteiger partial charge < -0.3 is 47.7 Å². The molecule has 8 rings (SSSR count). The predicted molar refractivity (Wildman–Crippen MR) is 242 cm³/mol. The van der Waals surface area contributed by atoms with Gasteiger partial charge in [-0.1, -0.05) is 182 Å². The summed E-state index contributed by atoms with van der Waals surface area (Å²) in [6.07, 6.45) is -7.46. The number of aliphatic hydroxyl groups is 1. The van der Waals surface area contributed by atoms with Gasteiger partial charge in [0.1, 0.15) is 48.8 Å². The third-order valence-corrected chi connectivity index (χ3v) is 11.4. The van der Waals surface area contributed by atoms with E-state index in [1.807, 2.05) is 182 Å². The minimum atomic E-state index is -1.14. The quantitative estimate of drug-likeness (QED) is 0.0714. The molecule has 0 spiro atoms. The van der Waals surface area contributed by atoms with Crippen LogP contribution in [0.3, 0.4) is 0 Å². The summed E-state index contributed by atoms with van der Waals surface area (Å²) < 4.78 is 60.3. The first-order valence-corrected chi connectivity index (χ1v) is 22.1. The van der Waals surface area contributed by atoms with E-state index in [0.29, 0.717) is 26.4 Å². The van der Waals surface area contributed by atoms with Crippen molar-refractivity contribution in [1.29, 1.82) is 0 Å². The average molecular weight is 867 g/mol. The highest BCUT2D eigenvalue weighted by Crippen LogP contribution is 2.34. The summed E-state index contributed by atoms with van der Waals surface area (Å²) in [6, 6.07) is 59.7. The molecule has 0 amide bonds. The van der Waals surface area contributed by atoms with Gasteiger partial charge in [0.2, 0.25) is 0 Å². The molecule has 1 unspecified atom stereocenters. The van der Waals surface area contributed by atoms with Crippen molar-refractivity contribution in [1.82, 2.24) is 0 Å². The SMILES string of the molecule is O[C@@H]1[C@H](OCc2ccccc2)[C@@H](OCc2ccccc2)C(O[C@@H]2[C@H](OCc3ccccc3)[C@@H](OCc3ccccc3)CO[C@@H]2COCc2ccccc2)O[C@@H]1COCc1ccccc1. The van der Waals surface area contributed by atoms with Crippen LogP contribution in [0.15, 0.2) is 182 Å². The van der Waals surface area contributed by atoms with Crippen LogP contribution in [0.2, 0.25) is 0 Å². The largest absolute Gasteiger partial charge is 0.387 e. The van der Waals surface area contributed by atoms with Crippen LogP contribution in [0.4, 0.5) is 0 Å². The van der Waals surface area contributed by atoms with Gasteiger partial charge >= 0.3 is 0 Å². The smallest absolute Gasteiger partial charge is 0.187 e. The van der Waals surface area contributed by atoms with Crippen molar-refractivity contribution in [2.45, 2.75) is 94.8 Å². The summed E-state index contributed by atoms with van der Waals surface area (Å²) in [4.78, 5) is 0. The second-order valence-electron chi connectivity index (χ2n) is 16.1. The van der Waals surface area contributed by atoms with Gasteiger partial charge in [0.05, 0.1) is 59.5 Å². The maximum Gasteiger partial charge on any atom is 0.187 e. The number of benzene rings is 6. The molecule has 2 heterocycles. The second-order valence-corrected chi connectivity index (χ2v) is 16.1. The van der Waals surface area contributed by atoms with Crippen LogP contribution >= 0.6 is 0 Å². The summed E-state index contributed by atoms with van der Waals surface area (Å²) in [6.45, 7) is 2.27. The minimum Gasteiger partial charge on any atom is -0.387 e. The van der Waals surface area contributed by atoms with E-state index in [1.165, 1.54) is 0 Å². The molecule has 6 aromatic rings. The van der Waals surface area contributed by atoms with E-state index in [2.05, 4.69) is 0 Å². The highest BCUT2D eigenvalue weighted by molar-refractivity contribution is 5.18. The van der Waals surface area contributed by atoms with Crippen molar-refractivity contribution in [3.63, 3.8) is 0 Å². The Labute approximate surface area is 376 Å². The zero-order chi connectivity index (χ0) is 43.6. The molecule has 0 bridgehead atoms. The lowest BCUT2D eigenvalue weighted by Gasteiger charge is -2.48. The first-order valence-electron chi connectivity index (χ1n) is 22.1. The molecular weight excluding hydrogens is 809 g/mol. The maximum absolute atomic E-state index is 12.2. The number of aliphatic hydroxyl groups excluding tert-OH is 1. The zero-order valence-corrected chi connectivity index (χ0v) is 36.0. The van der Waals surface area contributed by atoms with Gasteiger partial charge in [-0.15, -0.1) is 0 Å². The Morgan fingerprint density at radius 3 is 1.19 bits per heavy atom. The second kappa shape index (κ2) is 24.3. The van der Waals surface area contributed by atoms with Crippen LogP contribution < -0.4 is 0 Å². The monoisotopic (exact) mass is 866 g/mol. The van der Waals surface area contributed by atoms with Crippen LogP contribution in [0.25, 0.3) is 0 Å². The highest BCUT2D eigenvalue weighted by atomic mass is 16.7. The lowest BCUT2D eigenvalue weighted by Crippen LogP contribution is -2.64. The molecule has 2 fully saturated rings. The first kappa shape index (κ1) is 45.5. The van der Waals surface area contributed by atoms with Crippen LogP contribution in [0.5, 0.6) is 0 Å². The van der Waals surface area contributed by atoms with Crippen molar-refractivity contribution >= 4 is 0 Å². The summed E-state index contributed by atoms with van der Waals surface area (Å²) in [5.41, 5.74) is 5.94. The normalized spacial score (nSPS) is 24.6. The predicted octanol–water partition coefficient (Wildman–Crippen LogP) is 8.63. The van der Waals surface area contributed by atoms with E-state index in [9.17, 15) is 5.11 Å². The Balaban J connectivity index is 1.12. The van der Waals surface area contributed by atoms with Crippen molar-refractivity contribution in [3.05, 3.63) is 215 Å². The number of hydrogen-bond donors (Lipinski definition) is 1. The molecule has 9 atom stereocenters. The van der Waals surface area contributed by atoms with Crippen molar-refractivity contribution < 1.29 is 47.7 Å². The van der Waals surface area contributed by atoms with Gasteiger partial charge in [-0.25, -0.2) is 0 Å². The standard InChI is InChI=1S/C54H58O10/c55-49-46(37-56-31-40-19-7-1-8-20-40)63-54(53(62-36-45-29-17-6-18-30-45)52(49)61-35-44-27-15-5-16-28-44)64-51-47(38-57-32-41-21-9-2-10-22-41)59-39-48(58-33-42-23-11-3-12-24-42)50(51)60-34-43-25-13-4-14-26-43/h1-30,46-55H,31-39H2/t46-,47-,48+,49+,50-,51+,52+,53-,54?/m1/s1. The van der Waals surface area contributed by atoms with Crippen molar-refractivity contribution in [2.24, 2.45) is 0 Å². The molecule has 2 saturated heterocycles. The fourth-order valence-electron chi connectivity index (χ4n) is 7.96. The fourth-order valence-corrected chi connectivity index (χ4v) is 7.96.